The molecular weight excluding hydrogens is 234 g/mol. The number of Topliss-reactive ketones (excluding diaryl/α,β-unsaturated/α-hetero) is 1. The van der Waals surface area contributed by atoms with Gasteiger partial charge in [-0.2, -0.15) is 0 Å². The minimum absolute atomic E-state index is 0.193. The summed E-state index contributed by atoms with van der Waals surface area (Å²) < 4.78 is 0. The zero-order valence-corrected chi connectivity index (χ0v) is 10.9. The monoisotopic (exact) mass is 251 g/mol. The predicted octanol–water partition coefficient (Wildman–Crippen LogP) is 3.25. The highest BCUT2D eigenvalue weighted by Crippen LogP contribution is 2.19. The molecule has 0 radical (unpaired) electrons. The maximum Gasteiger partial charge on any atom is 0.176 e. The Kier molecular flexibility index (Phi) is 4.19. The molecule has 0 aliphatic carbocycles. The molecule has 2 nitrogen and oxygen atoms in total. The highest BCUT2D eigenvalue weighted by molar-refractivity contribution is 6.30. The Morgan fingerprint density at radius 2 is 2.12 bits per heavy atom. The molecule has 0 saturated carbocycles. The van der Waals surface area contributed by atoms with E-state index < -0.39 is 0 Å². The van der Waals surface area contributed by atoms with Gasteiger partial charge in [0.25, 0.3) is 0 Å². The number of ketones is 1. The van der Waals surface area contributed by atoms with E-state index in [-0.39, 0.29) is 5.78 Å². The summed E-state index contributed by atoms with van der Waals surface area (Å²) >= 11 is 5.80. The van der Waals surface area contributed by atoms with E-state index in [0.717, 1.165) is 24.6 Å². The number of carbonyl (C=O) groups excluding carboxylic acids is 1. The summed E-state index contributed by atoms with van der Waals surface area (Å²) in [6, 6.07) is 7.15. The van der Waals surface area contributed by atoms with Gasteiger partial charge in [-0.05, 0) is 43.1 Å². The van der Waals surface area contributed by atoms with E-state index in [2.05, 4.69) is 11.8 Å². The van der Waals surface area contributed by atoms with Crippen LogP contribution < -0.4 is 0 Å². The van der Waals surface area contributed by atoms with Gasteiger partial charge in [-0.25, -0.2) is 0 Å². The van der Waals surface area contributed by atoms with Crippen LogP contribution in [-0.4, -0.2) is 30.3 Å². The number of halogens is 1. The molecule has 0 amide bonds. The van der Waals surface area contributed by atoms with Crippen LogP contribution in [0.4, 0.5) is 0 Å². The first kappa shape index (κ1) is 12.6. The van der Waals surface area contributed by atoms with Crippen LogP contribution in [0.1, 0.15) is 30.1 Å². The lowest BCUT2D eigenvalue weighted by molar-refractivity contribution is 0.0943. The summed E-state index contributed by atoms with van der Waals surface area (Å²) in [6.07, 6.45) is 2.44. The van der Waals surface area contributed by atoms with Crippen LogP contribution in [0.15, 0.2) is 24.3 Å². The largest absolute Gasteiger partial charge is 0.296 e. The van der Waals surface area contributed by atoms with Crippen molar-refractivity contribution in [3.63, 3.8) is 0 Å². The van der Waals surface area contributed by atoms with E-state index >= 15 is 0 Å². The zero-order chi connectivity index (χ0) is 12.3. The zero-order valence-electron chi connectivity index (χ0n) is 10.2. The quantitative estimate of drug-likeness (QED) is 0.766. The number of likely N-dealkylation sites (tertiary alicyclic amines) is 1. The summed E-state index contributed by atoms with van der Waals surface area (Å²) in [5.41, 5.74) is 0.759. The molecule has 1 saturated heterocycles. The van der Waals surface area contributed by atoms with Crippen LogP contribution >= 0.6 is 11.6 Å². The lowest BCUT2D eigenvalue weighted by atomic mass is 10.1. The van der Waals surface area contributed by atoms with E-state index in [1.54, 1.807) is 24.3 Å². The first-order valence-corrected chi connectivity index (χ1v) is 6.58. The first-order chi connectivity index (χ1) is 8.19. The van der Waals surface area contributed by atoms with Crippen molar-refractivity contribution in [3.8, 4) is 0 Å². The molecule has 1 aromatic carbocycles. The van der Waals surface area contributed by atoms with Gasteiger partial charge in [0.1, 0.15) is 0 Å². The summed E-state index contributed by atoms with van der Waals surface area (Å²) in [5.74, 6) is 0.964. The van der Waals surface area contributed by atoms with E-state index in [1.165, 1.54) is 12.8 Å². The minimum atomic E-state index is 0.193. The molecule has 1 aliphatic rings. The fourth-order valence-corrected chi connectivity index (χ4v) is 2.45. The topological polar surface area (TPSA) is 20.3 Å². The van der Waals surface area contributed by atoms with Crippen LogP contribution in [0.2, 0.25) is 5.02 Å². The van der Waals surface area contributed by atoms with Gasteiger partial charge < -0.3 is 0 Å². The molecule has 0 aromatic heterocycles. The van der Waals surface area contributed by atoms with Gasteiger partial charge in [-0.3, -0.25) is 9.69 Å². The lowest BCUT2D eigenvalue weighted by Gasteiger charge is -2.14. The van der Waals surface area contributed by atoms with Crippen molar-refractivity contribution in [2.45, 2.75) is 19.8 Å². The molecule has 3 heteroatoms. The summed E-state index contributed by atoms with van der Waals surface area (Å²) in [5, 5.41) is 0.675. The molecule has 1 atom stereocenters. The molecule has 0 bridgehead atoms. The SMILES string of the molecule is CCC1CCN(CC(=O)c2ccc(Cl)cc2)C1. The molecule has 1 aliphatic heterocycles. The third kappa shape index (κ3) is 3.30. The Hall–Kier alpha value is -0.860. The van der Waals surface area contributed by atoms with E-state index in [1.807, 2.05) is 0 Å². The van der Waals surface area contributed by atoms with Crippen molar-refractivity contribution in [3.05, 3.63) is 34.9 Å². The summed E-state index contributed by atoms with van der Waals surface area (Å²) in [7, 11) is 0. The van der Waals surface area contributed by atoms with Crippen LogP contribution in [0, 0.1) is 5.92 Å². The first-order valence-electron chi connectivity index (χ1n) is 6.20. The third-order valence-corrected chi connectivity index (χ3v) is 3.73. The number of benzene rings is 1. The lowest BCUT2D eigenvalue weighted by Crippen LogP contribution is -2.27. The van der Waals surface area contributed by atoms with Crippen LogP contribution in [0.25, 0.3) is 0 Å². The highest BCUT2D eigenvalue weighted by atomic mass is 35.5. The predicted molar refractivity (Wildman–Crippen MR) is 70.6 cm³/mol. The number of carbonyl (C=O) groups is 1. The fraction of sp³-hybridized carbons (Fsp3) is 0.500. The van der Waals surface area contributed by atoms with Crippen molar-refractivity contribution in [1.29, 1.82) is 0 Å². The standard InChI is InChI=1S/C14H18ClNO/c1-2-11-7-8-16(9-11)10-14(17)12-3-5-13(15)6-4-12/h3-6,11H,2,7-10H2,1H3. The fourth-order valence-electron chi connectivity index (χ4n) is 2.32. The second-order valence-corrected chi connectivity index (χ2v) is 5.16. The van der Waals surface area contributed by atoms with Gasteiger partial charge in [0.2, 0.25) is 0 Å². The van der Waals surface area contributed by atoms with Gasteiger partial charge >= 0.3 is 0 Å². The molecule has 1 unspecified atom stereocenters. The van der Waals surface area contributed by atoms with Crippen LogP contribution in [0.3, 0.4) is 0 Å². The van der Waals surface area contributed by atoms with E-state index in [9.17, 15) is 4.79 Å². The number of hydrogen-bond donors (Lipinski definition) is 0. The van der Waals surface area contributed by atoms with Crippen molar-refractivity contribution in [2.75, 3.05) is 19.6 Å². The van der Waals surface area contributed by atoms with Crippen molar-refractivity contribution >= 4 is 17.4 Å². The second-order valence-electron chi connectivity index (χ2n) is 4.73. The van der Waals surface area contributed by atoms with Crippen molar-refractivity contribution in [2.24, 2.45) is 5.92 Å². The van der Waals surface area contributed by atoms with Gasteiger partial charge in [0.15, 0.2) is 5.78 Å². The molecule has 0 spiro atoms. The van der Waals surface area contributed by atoms with Gasteiger partial charge in [0, 0.05) is 17.1 Å². The van der Waals surface area contributed by atoms with Crippen molar-refractivity contribution in [1.82, 2.24) is 4.90 Å². The summed E-state index contributed by atoms with van der Waals surface area (Å²) in [4.78, 5) is 14.3. The average Bonchev–Trinajstić information content (AvgIpc) is 2.77. The molecule has 1 heterocycles. The normalized spacial score (nSPS) is 20.7. The van der Waals surface area contributed by atoms with Crippen LogP contribution in [0.5, 0.6) is 0 Å². The highest BCUT2D eigenvalue weighted by Gasteiger charge is 2.22. The van der Waals surface area contributed by atoms with Crippen molar-refractivity contribution < 1.29 is 4.79 Å². The Morgan fingerprint density at radius 3 is 2.71 bits per heavy atom. The summed E-state index contributed by atoms with van der Waals surface area (Å²) in [6.45, 7) is 4.88. The molecule has 92 valence electrons. The molecule has 0 N–H and O–H groups in total. The average molecular weight is 252 g/mol. The number of hydrogen-bond acceptors (Lipinski definition) is 2. The Bertz CT molecular complexity index is 388. The second kappa shape index (κ2) is 5.65. The minimum Gasteiger partial charge on any atom is -0.296 e. The number of rotatable bonds is 4. The van der Waals surface area contributed by atoms with Crippen LogP contribution in [-0.2, 0) is 0 Å². The molecule has 17 heavy (non-hydrogen) atoms. The molecule has 2 rings (SSSR count). The van der Waals surface area contributed by atoms with Gasteiger partial charge in [-0.1, -0.05) is 24.9 Å². The third-order valence-electron chi connectivity index (χ3n) is 3.48. The maximum atomic E-state index is 12.0. The Labute approximate surface area is 108 Å². The van der Waals surface area contributed by atoms with Gasteiger partial charge in [-0.15, -0.1) is 0 Å². The Morgan fingerprint density at radius 1 is 1.41 bits per heavy atom. The molecule has 1 aromatic rings. The van der Waals surface area contributed by atoms with Gasteiger partial charge in [0.05, 0.1) is 6.54 Å². The molecule has 1 fully saturated rings. The molecular formula is C14H18ClNO. The van der Waals surface area contributed by atoms with E-state index in [0.29, 0.717) is 11.6 Å². The van der Waals surface area contributed by atoms with E-state index in [4.69, 9.17) is 11.6 Å². The Balaban J connectivity index is 1.91. The smallest absolute Gasteiger partial charge is 0.176 e. The maximum absolute atomic E-state index is 12.0. The number of nitrogens with zero attached hydrogens (tertiary/aromatic N) is 1.